The fourth-order valence-corrected chi connectivity index (χ4v) is 18.0. The molecule has 2 atom stereocenters. The molecule has 4 saturated carbocycles. The molecule has 30 heteroatoms. The van der Waals surface area contributed by atoms with Gasteiger partial charge < -0.3 is 62.6 Å². The predicted molar refractivity (Wildman–Crippen MR) is 589 cm³/mol. The average molecular weight is 1970 g/mol. The summed E-state index contributed by atoms with van der Waals surface area (Å²) in [7, 11) is 4.12. The molecule has 4 fully saturated rings. The second kappa shape index (κ2) is 56.1. The van der Waals surface area contributed by atoms with Crippen LogP contribution < -0.4 is 62.6 Å². The van der Waals surface area contributed by atoms with E-state index < -0.39 is 0 Å². The first-order valence-corrected chi connectivity index (χ1v) is 51.4. The first kappa shape index (κ1) is 109. The van der Waals surface area contributed by atoms with Crippen LogP contribution in [-0.2, 0) is 0 Å². The van der Waals surface area contributed by atoms with E-state index in [-0.39, 0.29) is 35.4 Å². The number of anilines is 13. The van der Waals surface area contributed by atoms with Crippen LogP contribution in [0.3, 0.4) is 0 Å². The second-order valence-electron chi connectivity index (χ2n) is 38.5. The molecular weight excluding hydrogens is 1830 g/mol. The van der Waals surface area contributed by atoms with E-state index in [0.717, 1.165) is 153 Å². The van der Waals surface area contributed by atoms with Crippen molar-refractivity contribution in [2.45, 2.75) is 255 Å². The molecule has 17 rings (SSSR count). The second-order valence-corrected chi connectivity index (χ2v) is 38.5. The van der Waals surface area contributed by atoms with Gasteiger partial charge in [-0.05, 0) is 222 Å². The van der Waals surface area contributed by atoms with Crippen molar-refractivity contribution in [1.82, 2.24) is 59.8 Å². The van der Waals surface area contributed by atoms with Crippen molar-refractivity contribution in [2.24, 2.45) is 5.92 Å². The van der Waals surface area contributed by atoms with E-state index in [1.54, 1.807) is 36.4 Å². The molecule has 2 unspecified atom stereocenters. The van der Waals surface area contributed by atoms with Gasteiger partial charge in [-0.15, -0.1) is 0 Å². The molecule has 6 amide bonds. The number of hydrogen-bond acceptors (Lipinski definition) is 24. The SMILES string of the molecule is CCCN(CCC)c1cc(C(=O)Nc2ccc(C)cc2)ncn1.Cc1ccc(NC(=O)c2cc(N(C)C3CCCCC3)ncn2)c(C)c1.Cc1ccc(NC(=O)c2cc(N(C)C3CCCCC3)ncn2)cc1.Cc1ccc(NC(=O)c2cc(NC3CCCCC3C)ncn2)c(C)c1.Cc1ccc(NC(=O)c2cc(NC3CCCCCC3)ncn2)c(C)c1.Cc1ccc(NC(=O)c2cc(Nc3ccccc3C)ncn2)cc1. The van der Waals surface area contributed by atoms with E-state index in [9.17, 15) is 28.8 Å². The summed E-state index contributed by atoms with van der Waals surface area (Å²) >= 11 is 0. The standard InChI is InChI=1S/3C20H26N4O.C19H18N4O.C19H24N4O.C18H24N4O/c1-13-8-9-17(15(3)10-13)24-20(25)18-11-19(22-12-21-18)23-16-7-5-4-6-14(16)2;1-14-9-10-17(15(2)11-14)23-20(25)18-12-19(22-13-21-18)24(3)16-7-5-4-6-8-16;1-14-9-10-17(15(2)11-14)24-20(25)18-12-19(22-13-21-18)23-16-7-5-3-4-6-8-16;1-13-7-9-15(10-8-13)22-19(24)17-11-18(21-12-20-17)23-16-6-4-3-5-14(16)2;1-14-8-10-15(11-9-14)22-19(24)17-12-18(21-13-20-17)23(2)16-6-4-3-5-7-16;1-4-10-22(11-5-2)17-12-16(19-13-20-17)18(23)21-15-8-6-14(3)7-9-15/h8-12,14,16H,4-7H2,1-3H3,(H,24,25)(H,21,22,23);9-13,16H,4-8H2,1-3H3,(H,23,25);9-13,16H,3-8H2,1-2H3,(H,24,25)(H,21,22,23);3-12H,1-2H3,(H,22,24)(H,20,21,23);8-13,16H,3-7H2,1-2H3,(H,22,24);6-9,12-13H,4-5,10-11H2,1-3H3,(H,21,23). The molecule has 30 nitrogen and oxygen atoms in total. The maximum Gasteiger partial charge on any atom is 0.274 e. The molecule has 146 heavy (non-hydrogen) atoms. The lowest BCUT2D eigenvalue weighted by Crippen LogP contribution is -2.34. The van der Waals surface area contributed by atoms with Gasteiger partial charge in [-0.2, -0.15) is 0 Å². The van der Waals surface area contributed by atoms with E-state index in [1.807, 2.05) is 209 Å². The van der Waals surface area contributed by atoms with Crippen molar-refractivity contribution < 1.29 is 28.8 Å². The van der Waals surface area contributed by atoms with Gasteiger partial charge in [0.05, 0.1) is 0 Å². The molecule has 4 aliphatic rings. The monoisotopic (exact) mass is 1970 g/mol. The molecule has 0 bridgehead atoms. The van der Waals surface area contributed by atoms with E-state index >= 15 is 0 Å². The lowest BCUT2D eigenvalue weighted by molar-refractivity contribution is 0.101. The molecule has 9 N–H and O–H groups in total. The fourth-order valence-electron chi connectivity index (χ4n) is 18.0. The first-order valence-electron chi connectivity index (χ1n) is 51.4. The highest BCUT2D eigenvalue weighted by Gasteiger charge is 2.27. The Morgan fingerprint density at radius 1 is 0.288 bits per heavy atom. The number of rotatable bonds is 27. The number of hydrogen-bond donors (Lipinski definition) is 9. The summed E-state index contributed by atoms with van der Waals surface area (Å²) in [6, 6.07) is 61.1. The molecule has 0 radical (unpaired) electrons. The third kappa shape index (κ3) is 34.5. The Morgan fingerprint density at radius 3 is 0.973 bits per heavy atom. The zero-order valence-corrected chi connectivity index (χ0v) is 87.4. The number of carbonyl (C=O) groups is 6. The van der Waals surface area contributed by atoms with Crippen LogP contribution in [0.5, 0.6) is 0 Å². The van der Waals surface area contributed by atoms with E-state index in [2.05, 4.69) is 169 Å². The summed E-state index contributed by atoms with van der Waals surface area (Å²) in [5, 5.41) is 27.6. The fraction of sp³-hybridized carbons (Fsp3) is 0.379. The van der Waals surface area contributed by atoms with Crippen LogP contribution in [0.2, 0.25) is 0 Å². The Bertz CT molecular complexity index is 6420. The number of nitrogens with one attached hydrogen (secondary N) is 9. The molecular formula is C116H144N24O6. The summed E-state index contributed by atoms with van der Waals surface area (Å²) < 4.78 is 0. The van der Waals surface area contributed by atoms with Crippen molar-refractivity contribution >= 4 is 110 Å². The molecule has 764 valence electrons. The molecule has 7 aromatic carbocycles. The number of para-hydroxylation sites is 1. The van der Waals surface area contributed by atoms with Crippen molar-refractivity contribution in [3.63, 3.8) is 0 Å². The Hall–Kier alpha value is -15.4. The Balaban J connectivity index is 0.000000156. The number of carbonyl (C=O) groups excluding carboxylic acids is 6. The third-order valence-electron chi connectivity index (χ3n) is 26.5. The van der Waals surface area contributed by atoms with Crippen LogP contribution >= 0.6 is 0 Å². The maximum atomic E-state index is 12.6. The number of nitrogens with zero attached hydrogens (tertiary/aromatic N) is 15. The van der Waals surface area contributed by atoms with Gasteiger partial charge in [0.1, 0.15) is 107 Å². The van der Waals surface area contributed by atoms with Gasteiger partial charge in [0.15, 0.2) is 0 Å². The van der Waals surface area contributed by atoms with Crippen LogP contribution in [0, 0.1) is 75.2 Å². The normalized spacial score (nSPS) is 14.5. The van der Waals surface area contributed by atoms with E-state index in [1.165, 1.54) is 164 Å². The Morgan fingerprint density at radius 2 is 0.596 bits per heavy atom. The molecule has 0 spiro atoms. The van der Waals surface area contributed by atoms with Gasteiger partial charge in [-0.25, -0.2) is 59.8 Å². The first-order chi connectivity index (χ1) is 70.6. The van der Waals surface area contributed by atoms with Crippen molar-refractivity contribution in [1.29, 1.82) is 0 Å². The minimum absolute atomic E-state index is 0.201. The predicted octanol–water partition coefficient (Wildman–Crippen LogP) is 24.5. The lowest BCUT2D eigenvalue weighted by atomic mass is 9.86. The van der Waals surface area contributed by atoms with E-state index in [0.29, 0.717) is 70.1 Å². The highest BCUT2D eigenvalue weighted by Crippen LogP contribution is 2.32. The average Bonchev–Trinajstić information content (AvgIpc) is 1.05. The van der Waals surface area contributed by atoms with Gasteiger partial charge in [0.2, 0.25) is 0 Å². The molecule has 6 aromatic heterocycles. The number of aromatic nitrogens is 12. The molecule has 0 saturated heterocycles. The van der Waals surface area contributed by atoms with Gasteiger partial charge >= 0.3 is 0 Å². The Labute approximate surface area is 860 Å². The van der Waals surface area contributed by atoms with Gasteiger partial charge in [-0.3, -0.25) is 28.8 Å². The molecule has 0 aliphatic heterocycles. The smallest absolute Gasteiger partial charge is 0.274 e. The van der Waals surface area contributed by atoms with Crippen LogP contribution in [-0.4, -0.2) is 147 Å². The summed E-state index contributed by atoms with van der Waals surface area (Å²) in [4.78, 5) is 132. The number of amides is 6. The van der Waals surface area contributed by atoms with E-state index in [4.69, 9.17) is 0 Å². The van der Waals surface area contributed by atoms with Crippen LogP contribution in [0.4, 0.5) is 74.7 Å². The van der Waals surface area contributed by atoms with Gasteiger partial charge in [-0.1, -0.05) is 222 Å². The summed E-state index contributed by atoms with van der Waals surface area (Å²) in [6.07, 6.45) is 35.6. The highest BCUT2D eigenvalue weighted by molar-refractivity contribution is 6.07. The zero-order chi connectivity index (χ0) is 104. The molecule has 4 aliphatic carbocycles. The van der Waals surface area contributed by atoms with Crippen molar-refractivity contribution in [2.75, 3.05) is 89.7 Å². The lowest BCUT2D eigenvalue weighted by Gasteiger charge is -2.32. The molecule has 6 heterocycles. The Kier molecular flexibility index (Phi) is 42.0. The quantitative estimate of drug-likeness (QED) is 0.0216. The molecule has 13 aromatic rings. The minimum Gasteiger partial charge on any atom is -0.367 e. The topological polar surface area (TPSA) is 375 Å². The maximum absolute atomic E-state index is 12.6. The zero-order valence-electron chi connectivity index (χ0n) is 87.4. The van der Waals surface area contributed by atoms with Gasteiger partial charge in [0.25, 0.3) is 35.4 Å². The van der Waals surface area contributed by atoms with Crippen LogP contribution in [0.15, 0.2) is 226 Å². The van der Waals surface area contributed by atoms with Gasteiger partial charge in [0, 0.05) is 128 Å². The largest absolute Gasteiger partial charge is 0.367 e. The van der Waals surface area contributed by atoms with Crippen LogP contribution in [0.1, 0.15) is 281 Å². The summed E-state index contributed by atoms with van der Waals surface area (Å²) in [5.41, 5.74) is 19.1. The summed E-state index contributed by atoms with van der Waals surface area (Å²) in [5.74, 6) is 3.76. The van der Waals surface area contributed by atoms with Crippen LogP contribution in [0.25, 0.3) is 0 Å². The number of aryl methyl sites for hydroxylation is 10. The minimum atomic E-state index is -0.269. The van der Waals surface area contributed by atoms with Crippen molar-refractivity contribution in [3.05, 3.63) is 316 Å². The summed E-state index contributed by atoms with van der Waals surface area (Å²) in [6.45, 7) is 28.5. The number of benzene rings is 7. The van der Waals surface area contributed by atoms with Crippen molar-refractivity contribution in [3.8, 4) is 0 Å². The third-order valence-corrected chi connectivity index (χ3v) is 26.5. The highest BCUT2D eigenvalue weighted by atomic mass is 16.2.